The van der Waals surface area contributed by atoms with Crippen LogP contribution in [0.15, 0.2) is 58.3 Å². The molecular formula is C20H24N2OS. The monoisotopic (exact) mass is 340 g/mol. The van der Waals surface area contributed by atoms with E-state index in [-0.39, 0.29) is 0 Å². The summed E-state index contributed by atoms with van der Waals surface area (Å²) in [6, 6.07) is 17.0. The number of piperazine rings is 1. The van der Waals surface area contributed by atoms with Crippen molar-refractivity contribution in [2.24, 2.45) is 0 Å². The molecular weight excluding hydrogens is 316 g/mol. The van der Waals surface area contributed by atoms with Crippen molar-refractivity contribution in [3.8, 4) is 0 Å². The third kappa shape index (κ3) is 4.71. The van der Waals surface area contributed by atoms with Gasteiger partial charge in [-0.2, -0.15) is 0 Å². The molecule has 3 nitrogen and oxygen atoms in total. The van der Waals surface area contributed by atoms with Crippen molar-refractivity contribution in [3.05, 3.63) is 59.7 Å². The van der Waals surface area contributed by atoms with E-state index in [1.54, 1.807) is 0 Å². The molecule has 0 bridgehead atoms. The highest BCUT2D eigenvalue weighted by Crippen LogP contribution is 2.36. The SMILES string of the molecule is C1=Cc2ccccc2Sc2ccccc21.OCCN1CCNCC1. The Morgan fingerprint density at radius 3 is 1.96 bits per heavy atom. The minimum atomic E-state index is 0.292. The third-order valence-corrected chi connectivity index (χ3v) is 5.31. The summed E-state index contributed by atoms with van der Waals surface area (Å²) in [6.07, 6.45) is 4.38. The van der Waals surface area contributed by atoms with E-state index in [1.807, 2.05) is 11.8 Å². The maximum Gasteiger partial charge on any atom is 0.0558 e. The van der Waals surface area contributed by atoms with Gasteiger partial charge < -0.3 is 10.4 Å². The molecule has 0 saturated carbocycles. The zero-order valence-electron chi connectivity index (χ0n) is 13.8. The summed E-state index contributed by atoms with van der Waals surface area (Å²) < 4.78 is 0. The number of β-amino-alcohol motifs (C(OH)–C–C–N with tert-alkyl or cyclic N) is 1. The van der Waals surface area contributed by atoms with Crippen molar-refractivity contribution in [2.45, 2.75) is 9.79 Å². The number of aliphatic hydroxyl groups excluding tert-OH is 1. The highest BCUT2D eigenvalue weighted by atomic mass is 32.2. The standard InChI is InChI=1S/C14H10S.C6H14N2O/c1-3-7-13-11(5-1)9-10-12-6-2-4-8-14(12)15-13;9-6-5-8-3-1-7-2-4-8/h1-10H;7,9H,1-6H2. The van der Waals surface area contributed by atoms with Crippen LogP contribution in [-0.4, -0.2) is 49.3 Å². The average molecular weight is 340 g/mol. The molecule has 4 heteroatoms. The number of fused-ring (bicyclic) bond motifs is 2. The predicted octanol–water partition coefficient (Wildman–Crippen LogP) is 3.21. The topological polar surface area (TPSA) is 35.5 Å². The fourth-order valence-electron chi connectivity index (χ4n) is 2.80. The van der Waals surface area contributed by atoms with Gasteiger partial charge in [0.25, 0.3) is 0 Å². The van der Waals surface area contributed by atoms with Crippen LogP contribution in [0.2, 0.25) is 0 Å². The first kappa shape index (κ1) is 17.2. The Bertz CT molecular complexity index is 631. The predicted molar refractivity (Wildman–Crippen MR) is 102 cm³/mol. The fraction of sp³-hybridized carbons (Fsp3) is 0.300. The molecule has 2 N–H and O–H groups in total. The van der Waals surface area contributed by atoms with Gasteiger partial charge in [0.15, 0.2) is 0 Å². The summed E-state index contributed by atoms with van der Waals surface area (Å²) in [7, 11) is 0. The first-order valence-corrected chi connectivity index (χ1v) is 9.26. The molecule has 0 aliphatic carbocycles. The molecule has 24 heavy (non-hydrogen) atoms. The highest BCUT2D eigenvalue weighted by molar-refractivity contribution is 7.99. The molecule has 4 rings (SSSR count). The molecule has 126 valence electrons. The van der Waals surface area contributed by atoms with Gasteiger partial charge in [0.2, 0.25) is 0 Å². The quantitative estimate of drug-likeness (QED) is 0.751. The van der Waals surface area contributed by atoms with E-state index in [2.05, 4.69) is 70.9 Å². The molecule has 2 aliphatic rings. The third-order valence-electron chi connectivity index (χ3n) is 4.13. The lowest BCUT2D eigenvalue weighted by Gasteiger charge is -2.25. The molecule has 2 aliphatic heterocycles. The number of rotatable bonds is 2. The average Bonchev–Trinajstić information content (AvgIpc) is 2.83. The zero-order chi connectivity index (χ0) is 16.6. The fourth-order valence-corrected chi connectivity index (χ4v) is 3.83. The van der Waals surface area contributed by atoms with Crippen molar-refractivity contribution in [1.82, 2.24) is 10.2 Å². The minimum absolute atomic E-state index is 0.292. The lowest BCUT2D eigenvalue weighted by Crippen LogP contribution is -2.44. The van der Waals surface area contributed by atoms with Gasteiger partial charge in [-0.25, -0.2) is 0 Å². The van der Waals surface area contributed by atoms with E-state index >= 15 is 0 Å². The summed E-state index contributed by atoms with van der Waals surface area (Å²) in [5, 5.41) is 11.8. The lowest BCUT2D eigenvalue weighted by atomic mass is 10.1. The molecule has 0 unspecified atom stereocenters. The maximum absolute atomic E-state index is 8.56. The Hall–Kier alpha value is -1.59. The van der Waals surface area contributed by atoms with Crippen LogP contribution >= 0.6 is 11.8 Å². The molecule has 1 fully saturated rings. The zero-order valence-corrected chi connectivity index (χ0v) is 14.6. The van der Waals surface area contributed by atoms with Gasteiger partial charge in [-0.1, -0.05) is 60.3 Å². The molecule has 0 radical (unpaired) electrons. The van der Waals surface area contributed by atoms with Crippen molar-refractivity contribution in [3.63, 3.8) is 0 Å². The number of hydrogen-bond acceptors (Lipinski definition) is 4. The second kappa shape index (κ2) is 9.04. The van der Waals surface area contributed by atoms with Gasteiger partial charge in [-0.15, -0.1) is 0 Å². The molecule has 2 aromatic rings. The minimum Gasteiger partial charge on any atom is -0.395 e. The van der Waals surface area contributed by atoms with Gasteiger partial charge in [-0.05, 0) is 23.3 Å². The van der Waals surface area contributed by atoms with Gasteiger partial charge in [0.05, 0.1) is 6.61 Å². The summed E-state index contributed by atoms with van der Waals surface area (Å²) in [6.45, 7) is 5.43. The summed E-state index contributed by atoms with van der Waals surface area (Å²) >= 11 is 1.84. The van der Waals surface area contributed by atoms with Crippen molar-refractivity contribution in [2.75, 3.05) is 39.3 Å². The van der Waals surface area contributed by atoms with E-state index in [4.69, 9.17) is 5.11 Å². The van der Waals surface area contributed by atoms with Crippen molar-refractivity contribution in [1.29, 1.82) is 0 Å². The van der Waals surface area contributed by atoms with Crippen LogP contribution in [0.4, 0.5) is 0 Å². The summed E-state index contributed by atoms with van der Waals surface area (Å²) in [5.41, 5.74) is 2.61. The molecule has 1 saturated heterocycles. The van der Waals surface area contributed by atoms with Crippen LogP contribution < -0.4 is 5.32 Å². The van der Waals surface area contributed by atoms with Crippen LogP contribution in [-0.2, 0) is 0 Å². The maximum atomic E-state index is 8.56. The number of hydrogen-bond donors (Lipinski definition) is 2. The number of aliphatic hydroxyl groups is 1. The Labute approximate surface area is 148 Å². The Balaban J connectivity index is 0.000000162. The molecule has 2 aromatic carbocycles. The van der Waals surface area contributed by atoms with Crippen LogP contribution in [0.5, 0.6) is 0 Å². The van der Waals surface area contributed by atoms with Gasteiger partial charge >= 0.3 is 0 Å². The van der Waals surface area contributed by atoms with Crippen LogP contribution in [0, 0.1) is 0 Å². The van der Waals surface area contributed by atoms with Crippen molar-refractivity contribution < 1.29 is 5.11 Å². The first-order chi connectivity index (χ1) is 11.9. The van der Waals surface area contributed by atoms with E-state index in [0.29, 0.717) is 6.61 Å². The van der Waals surface area contributed by atoms with E-state index < -0.39 is 0 Å². The molecule has 2 heterocycles. The van der Waals surface area contributed by atoms with E-state index in [1.165, 1.54) is 20.9 Å². The Kier molecular flexibility index (Phi) is 6.49. The molecule has 0 aromatic heterocycles. The summed E-state index contributed by atoms with van der Waals surface area (Å²) in [4.78, 5) is 4.92. The number of benzene rings is 2. The molecule has 0 spiro atoms. The second-order valence-electron chi connectivity index (χ2n) is 5.83. The molecule has 0 atom stereocenters. The first-order valence-electron chi connectivity index (χ1n) is 8.45. The van der Waals surface area contributed by atoms with Crippen molar-refractivity contribution >= 4 is 23.9 Å². The Morgan fingerprint density at radius 1 is 0.875 bits per heavy atom. The second-order valence-corrected chi connectivity index (χ2v) is 6.91. The molecule has 0 amide bonds. The van der Waals surface area contributed by atoms with Gasteiger partial charge in [0, 0.05) is 42.5 Å². The van der Waals surface area contributed by atoms with Crippen LogP contribution in [0.25, 0.3) is 12.2 Å². The normalized spacial score (nSPS) is 16.4. The van der Waals surface area contributed by atoms with E-state index in [0.717, 1.165) is 32.7 Å². The number of nitrogens with zero attached hydrogens (tertiary/aromatic N) is 1. The lowest BCUT2D eigenvalue weighted by molar-refractivity contribution is 0.180. The largest absolute Gasteiger partial charge is 0.395 e. The van der Waals surface area contributed by atoms with Gasteiger partial charge in [0.1, 0.15) is 0 Å². The summed E-state index contributed by atoms with van der Waals surface area (Å²) in [5.74, 6) is 0. The van der Waals surface area contributed by atoms with E-state index in [9.17, 15) is 0 Å². The highest BCUT2D eigenvalue weighted by Gasteiger charge is 2.08. The van der Waals surface area contributed by atoms with Crippen LogP contribution in [0.3, 0.4) is 0 Å². The smallest absolute Gasteiger partial charge is 0.0558 e. The van der Waals surface area contributed by atoms with Gasteiger partial charge in [-0.3, -0.25) is 4.90 Å². The number of nitrogens with one attached hydrogen (secondary N) is 1. The van der Waals surface area contributed by atoms with Crippen LogP contribution in [0.1, 0.15) is 11.1 Å². The Morgan fingerprint density at radius 2 is 1.42 bits per heavy atom.